The fourth-order valence-electron chi connectivity index (χ4n) is 1.62. The van der Waals surface area contributed by atoms with Crippen LogP contribution in [-0.4, -0.2) is 0 Å². The van der Waals surface area contributed by atoms with Crippen molar-refractivity contribution in [3.8, 4) is 0 Å². The summed E-state index contributed by atoms with van der Waals surface area (Å²) >= 11 is 6.81. The van der Waals surface area contributed by atoms with Crippen molar-refractivity contribution in [3.05, 3.63) is 68.4 Å². The normalized spacial score (nSPS) is 10.6. The Bertz CT molecular complexity index is 526. The van der Waals surface area contributed by atoms with Crippen LogP contribution in [0.4, 0.5) is 4.39 Å². The van der Waals surface area contributed by atoms with Crippen molar-refractivity contribution >= 4 is 31.9 Å². The largest absolute Gasteiger partial charge is 0.309 e. The first kappa shape index (κ1) is 13.7. The molecule has 1 N–H and O–H groups in total. The summed E-state index contributed by atoms with van der Waals surface area (Å²) in [4.78, 5) is 0. The van der Waals surface area contributed by atoms with Gasteiger partial charge in [0.05, 0.1) is 0 Å². The third kappa shape index (κ3) is 3.90. The minimum absolute atomic E-state index is 0.210. The summed E-state index contributed by atoms with van der Waals surface area (Å²) in [6.45, 7) is 1.39. The van der Waals surface area contributed by atoms with E-state index in [1.54, 1.807) is 12.1 Å². The molecule has 0 aliphatic carbocycles. The predicted octanol–water partition coefficient (Wildman–Crippen LogP) is 4.64. The van der Waals surface area contributed by atoms with E-state index < -0.39 is 0 Å². The van der Waals surface area contributed by atoms with Gasteiger partial charge >= 0.3 is 0 Å². The van der Waals surface area contributed by atoms with Gasteiger partial charge in [0.2, 0.25) is 0 Å². The third-order valence-electron chi connectivity index (χ3n) is 2.57. The molecule has 94 valence electrons. The summed E-state index contributed by atoms with van der Waals surface area (Å²) in [6.07, 6.45) is 0. The summed E-state index contributed by atoms with van der Waals surface area (Å²) < 4.78 is 15.1. The number of halogens is 3. The Morgan fingerprint density at radius 2 is 1.67 bits per heavy atom. The van der Waals surface area contributed by atoms with E-state index >= 15 is 0 Å². The zero-order valence-corrected chi connectivity index (χ0v) is 12.8. The summed E-state index contributed by atoms with van der Waals surface area (Å²) in [5, 5.41) is 3.29. The first-order chi connectivity index (χ1) is 8.65. The second-order valence-electron chi connectivity index (χ2n) is 3.97. The van der Waals surface area contributed by atoms with Crippen LogP contribution in [0.5, 0.6) is 0 Å². The molecule has 0 aliphatic heterocycles. The first-order valence-electron chi connectivity index (χ1n) is 5.54. The molecule has 0 aromatic heterocycles. The summed E-state index contributed by atoms with van der Waals surface area (Å²) in [5.41, 5.74) is 2.12. The third-order valence-corrected chi connectivity index (χ3v) is 3.87. The Balaban J connectivity index is 1.92. The second kappa shape index (κ2) is 6.45. The number of benzene rings is 2. The maximum Gasteiger partial charge on any atom is 0.123 e. The fourth-order valence-corrected chi connectivity index (χ4v) is 2.27. The van der Waals surface area contributed by atoms with Gasteiger partial charge in [0.25, 0.3) is 0 Å². The monoisotopic (exact) mass is 371 g/mol. The molecule has 0 fully saturated rings. The number of hydrogen-bond acceptors (Lipinski definition) is 1. The number of nitrogens with one attached hydrogen (secondary N) is 1. The summed E-state index contributed by atoms with van der Waals surface area (Å²) in [7, 11) is 0. The Kier molecular flexibility index (Phi) is 4.92. The van der Waals surface area contributed by atoms with Crippen LogP contribution in [0.3, 0.4) is 0 Å². The van der Waals surface area contributed by atoms with E-state index in [1.807, 2.05) is 12.1 Å². The van der Waals surface area contributed by atoms with Gasteiger partial charge < -0.3 is 5.32 Å². The van der Waals surface area contributed by atoms with Crippen LogP contribution in [0.15, 0.2) is 51.4 Å². The molecule has 0 unspecified atom stereocenters. The van der Waals surface area contributed by atoms with E-state index in [1.165, 1.54) is 11.6 Å². The second-order valence-corrected chi connectivity index (χ2v) is 5.74. The van der Waals surface area contributed by atoms with E-state index in [-0.39, 0.29) is 5.82 Å². The average molecular weight is 373 g/mol. The van der Waals surface area contributed by atoms with Crippen LogP contribution < -0.4 is 5.32 Å². The van der Waals surface area contributed by atoms with Gasteiger partial charge in [0.15, 0.2) is 0 Å². The van der Waals surface area contributed by atoms with Crippen molar-refractivity contribution in [3.63, 3.8) is 0 Å². The lowest BCUT2D eigenvalue weighted by molar-refractivity contribution is 0.619. The molecule has 2 rings (SSSR count). The summed E-state index contributed by atoms with van der Waals surface area (Å²) in [5.74, 6) is -0.210. The standard InChI is InChI=1S/C14H12Br2FN/c15-12-3-1-10(2-4-12)8-18-9-11-7-13(17)5-6-14(11)16/h1-7,18H,8-9H2. The van der Waals surface area contributed by atoms with Crippen molar-refractivity contribution in [2.45, 2.75) is 13.1 Å². The number of rotatable bonds is 4. The van der Waals surface area contributed by atoms with Crippen LogP contribution in [0.1, 0.15) is 11.1 Å². The lowest BCUT2D eigenvalue weighted by Gasteiger charge is -2.07. The Hall–Kier alpha value is -0.710. The van der Waals surface area contributed by atoms with Crippen LogP contribution in [0, 0.1) is 5.82 Å². The molecule has 0 heterocycles. The van der Waals surface area contributed by atoms with Crippen molar-refractivity contribution in [2.24, 2.45) is 0 Å². The number of hydrogen-bond donors (Lipinski definition) is 1. The highest BCUT2D eigenvalue weighted by molar-refractivity contribution is 9.10. The smallest absolute Gasteiger partial charge is 0.123 e. The van der Waals surface area contributed by atoms with Crippen molar-refractivity contribution in [1.82, 2.24) is 5.32 Å². The zero-order valence-electron chi connectivity index (χ0n) is 9.59. The van der Waals surface area contributed by atoms with E-state index in [9.17, 15) is 4.39 Å². The quantitative estimate of drug-likeness (QED) is 0.824. The Labute approximate surface area is 123 Å². The van der Waals surface area contributed by atoms with Gasteiger partial charge in [0, 0.05) is 22.0 Å². The topological polar surface area (TPSA) is 12.0 Å². The SMILES string of the molecule is Fc1ccc(Br)c(CNCc2ccc(Br)cc2)c1. The van der Waals surface area contributed by atoms with Crippen molar-refractivity contribution in [1.29, 1.82) is 0 Å². The van der Waals surface area contributed by atoms with E-state index in [0.717, 1.165) is 21.1 Å². The molecule has 0 saturated heterocycles. The average Bonchev–Trinajstić information content (AvgIpc) is 2.36. The molecule has 0 radical (unpaired) electrons. The van der Waals surface area contributed by atoms with Crippen molar-refractivity contribution in [2.75, 3.05) is 0 Å². The molecular formula is C14H12Br2FN. The first-order valence-corrected chi connectivity index (χ1v) is 7.13. The van der Waals surface area contributed by atoms with Gasteiger partial charge in [-0.15, -0.1) is 0 Å². The molecule has 18 heavy (non-hydrogen) atoms. The predicted molar refractivity (Wildman–Crippen MR) is 78.8 cm³/mol. The molecule has 0 saturated carbocycles. The van der Waals surface area contributed by atoms with Crippen LogP contribution >= 0.6 is 31.9 Å². The molecule has 2 aromatic carbocycles. The minimum Gasteiger partial charge on any atom is -0.309 e. The maximum atomic E-state index is 13.1. The van der Waals surface area contributed by atoms with E-state index in [2.05, 4.69) is 49.3 Å². The van der Waals surface area contributed by atoms with Gasteiger partial charge in [-0.05, 0) is 41.5 Å². The minimum atomic E-state index is -0.210. The molecule has 4 heteroatoms. The van der Waals surface area contributed by atoms with Crippen LogP contribution in [0.25, 0.3) is 0 Å². The molecule has 0 amide bonds. The van der Waals surface area contributed by atoms with Gasteiger partial charge in [-0.2, -0.15) is 0 Å². The Morgan fingerprint density at radius 1 is 0.944 bits per heavy atom. The maximum absolute atomic E-state index is 13.1. The fraction of sp³-hybridized carbons (Fsp3) is 0.143. The van der Waals surface area contributed by atoms with Gasteiger partial charge in [-0.25, -0.2) is 4.39 Å². The van der Waals surface area contributed by atoms with Gasteiger partial charge in [0.1, 0.15) is 5.82 Å². The molecule has 1 nitrogen and oxygen atoms in total. The van der Waals surface area contributed by atoms with Gasteiger partial charge in [-0.1, -0.05) is 44.0 Å². The van der Waals surface area contributed by atoms with E-state index in [4.69, 9.17) is 0 Å². The molecule has 2 aromatic rings. The molecule has 0 atom stereocenters. The molecule has 0 spiro atoms. The molecule has 0 bridgehead atoms. The van der Waals surface area contributed by atoms with Crippen molar-refractivity contribution < 1.29 is 4.39 Å². The van der Waals surface area contributed by atoms with Crippen LogP contribution in [-0.2, 0) is 13.1 Å². The molecular weight excluding hydrogens is 361 g/mol. The lowest BCUT2D eigenvalue weighted by Crippen LogP contribution is -2.13. The van der Waals surface area contributed by atoms with Crippen LogP contribution in [0.2, 0.25) is 0 Å². The zero-order chi connectivity index (χ0) is 13.0. The summed E-state index contributed by atoms with van der Waals surface area (Å²) in [6, 6.07) is 12.8. The molecule has 0 aliphatic rings. The highest BCUT2D eigenvalue weighted by atomic mass is 79.9. The lowest BCUT2D eigenvalue weighted by atomic mass is 10.2. The Morgan fingerprint density at radius 3 is 2.39 bits per heavy atom. The van der Waals surface area contributed by atoms with Gasteiger partial charge in [-0.3, -0.25) is 0 Å². The van der Waals surface area contributed by atoms with E-state index in [0.29, 0.717) is 6.54 Å². The highest BCUT2D eigenvalue weighted by Gasteiger charge is 2.01. The highest BCUT2D eigenvalue weighted by Crippen LogP contribution is 2.17.